The standard InChI is InChI=1S/C20H28N2O2/c1-22-13-12-16-7-3-4-9-18(16)20(22)21-19(23)11-10-15-6-5-8-17(14-15)24-2/h5-6,8,10-11,14,16,18,20H,3-4,7,9,12-13H2,1-2H3,(H,21,23). The van der Waals surface area contributed by atoms with Gasteiger partial charge < -0.3 is 10.1 Å². The maximum absolute atomic E-state index is 12.4. The third-order valence-electron chi connectivity index (χ3n) is 5.51. The smallest absolute Gasteiger partial charge is 0.245 e. The Bertz CT molecular complexity index is 599. The number of carbonyl (C=O) groups is 1. The Labute approximate surface area is 144 Å². The van der Waals surface area contributed by atoms with Crippen LogP contribution in [0.25, 0.3) is 6.08 Å². The highest BCUT2D eigenvalue weighted by Crippen LogP contribution is 2.38. The highest BCUT2D eigenvalue weighted by atomic mass is 16.5. The summed E-state index contributed by atoms with van der Waals surface area (Å²) in [5.74, 6) is 2.17. The van der Waals surface area contributed by atoms with Crippen LogP contribution >= 0.6 is 0 Å². The molecule has 3 atom stereocenters. The van der Waals surface area contributed by atoms with Crippen molar-refractivity contribution in [2.45, 2.75) is 38.3 Å². The number of likely N-dealkylation sites (tertiary alicyclic amines) is 1. The fourth-order valence-corrected chi connectivity index (χ4v) is 4.17. The van der Waals surface area contributed by atoms with E-state index in [4.69, 9.17) is 4.74 Å². The molecule has 0 bridgehead atoms. The van der Waals surface area contributed by atoms with Crippen molar-refractivity contribution in [2.75, 3.05) is 20.7 Å². The highest BCUT2D eigenvalue weighted by molar-refractivity contribution is 5.91. The van der Waals surface area contributed by atoms with E-state index < -0.39 is 0 Å². The molecular weight excluding hydrogens is 300 g/mol. The number of benzene rings is 1. The lowest BCUT2D eigenvalue weighted by molar-refractivity contribution is -0.120. The molecule has 1 saturated heterocycles. The first-order chi connectivity index (χ1) is 11.7. The van der Waals surface area contributed by atoms with Crippen LogP contribution in [0.15, 0.2) is 30.3 Å². The molecule has 1 aliphatic heterocycles. The van der Waals surface area contributed by atoms with Crippen LogP contribution < -0.4 is 10.1 Å². The van der Waals surface area contributed by atoms with Gasteiger partial charge in [-0.3, -0.25) is 9.69 Å². The van der Waals surface area contributed by atoms with Crippen molar-refractivity contribution in [3.8, 4) is 5.75 Å². The molecule has 1 heterocycles. The Morgan fingerprint density at radius 1 is 1.29 bits per heavy atom. The molecule has 0 radical (unpaired) electrons. The third kappa shape index (κ3) is 3.99. The summed E-state index contributed by atoms with van der Waals surface area (Å²) in [6.45, 7) is 1.08. The fourth-order valence-electron chi connectivity index (χ4n) is 4.17. The second-order valence-corrected chi connectivity index (χ2v) is 7.04. The number of nitrogens with zero attached hydrogens (tertiary/aromatic N) is 1. The summed E-state index contributed by atoms with van der Waals surface area (Å²) in [5, 5.41) is 3.24. The minimum atomic E-state index is -0.0131. The molecule has 1 N–H and O–H groups in total. The Hall–Kier alpha value is -1.81. The van der Waals surface area contributed by atoms with Crippen LogP contribution in [0.5, 0.6) is 5.75 Å². The summed E-state index contributed by atoms with van der Waals surface area (Å²) in [6.07, 6.45) is 10.1. The summed E-state index contributed by atoms with van der Waals surface area (Å²) >= 11 is 0. The van der Waals surface area contributed by atoms with Gasteiger partial charge in [-0.1, -0.05) is 31.4 Å². The molecule has 1 aromatic rings. The predicted octanol–water partition coefficient (Wildman–Crippen LogP) is 3.29. The van der Waals surface area contributed by atoms with Crippen molar-refractivity contribution in [3.05, 3.63) is 35.9 Å². The molecule has 3 rings (SSSR count). The number of piperidine rings is 1. The van der Waals surface area contributed by atoms with Gasteiger partial charge in [0.25, 0.3) is 0 Å². The van der Waals surface area contributed by atoms with Gasteiger partial charge in [0, 0.05) is 12.6 Å². The van der Waals surface area contributed by atoms with Crippen LogP contribution in [0.3, 0.4) is 0 Å². The second-order valence-electron chi connectivity index (χ2n) is 7.04. The largest absolute Gasteiger partial charge is 0.497 e. The van der Waals surface area contributed by atoms with E-state index in [1.54, 1.807) is 13.2 Å². The molecule has 4 heteroatoms. The first-order valence-electron chi connectivity index (χ1n) is 9.00. The monoisotopic (exact) mass is 328 g/mol. The molecule has 1 amide bonds. The van der Waals surface area contributed by atoms with Crippen molar-refractivity contribution in [2.24, 2.45) is 11.8 Å². The topological polar surface area (TPSA) is 41.6 Å². The van der Waals surface area contributed by atoms with Gasteiger partial charge in [-0.25, -0.2) is 0 Å². The van der Waals surface area contributed by atoms with Crippen LogP contribution in [0, 0.1) is 11.8 Å². The van der Waals surface area contributed by atoms with Crippen LogP contribution in [-0.4, -0.2) is 37.7 Å². The van der Waals surface area contributed by atoms with Crippen molar-refractivity contribution in [1.82, 2.24) is 10.2 Å². The molecule has 1 aliphatic carbocycles. The summed E-state index contributed by atoms with van der Waals surface area (Å²) in [4.78, 5) is 14.7. The number of rotatable bonds is 4. The first kappa shape index (κ1) is 17.0. The molecule has 24 heavy (non-hydrogen) atoms. The van der Waals surface area contributed by atoms with Crippen LogP contribution in [0.4, 0.5) is 0 Å². The summed E-state index contributed by atoms with van der Waals surface area (Å²) in [6, 6.07) is 7.72. The molecule has 3 unspecified atom stereocenters. The minimum absolute atomic E-state index is 0.0131. The number of hydrogen-bond donors (Lipinski definition) is 1. The Kier molecular flexibility index (Phi) is 5.56. The van der Waals surface area contributed by atoms with Crippen molar-refractivity contribution in [3.63, 3.8) is 0 Å². The quantitative estimate of drug-likeness (QED) is 0.862. The van der Waals surface area contributed by atoms with Gasteiger partial charge in [0.05, 0.1) is 13.3 Å². The molecule has 1 aromatic carbocycles. The zero-order chi connectivity index (χ0) is 16.9. The highest BCUT2D eigenvalue weighted by Gasteiger charge is 2.38. The molecule has 0 aromatic heterocycles. The van der Waals surface area contributed by atoms with Crippen molar-refractivity contribution < 1.29 is 9.53 Å². The Morgan fingerprint density at radius 2 is 2.12 bits per heavy atom. The SMILES string of the molecule is COc1cccc(C=CC(=O)NC2C3CCCCC3CCN2C)c1. The van der Waals surface area contributed by atoms with E-state index in [0.29, 0.717) is 5.92 Å². The third-order valence-corrected chi connectivity index (χ3v) is 5.51. The van der Waals surface area contributed by atoms with Gasteiger partial charge in [-0.05, 0) is 55.5 Å². The zero-order valence-corrected chi connectivity index (χ0v) is 14.7. The number of nitrogens with one attached hydrogen (secondary N) is 1. The normalized spacial score (nSPS) is 27.7. The molecule has 130 valence electrons. The number of hydrogen-bond acceptors (Lipinski definition) is 3. The molecule has 0 spiro atoms. The second kappa shape index (κ2) is 7.84. The van der Waals surface area contributed by atoms with E-state index in [1.807, 2.05) is 30.3 Å². The summed E-state index contributed by atoms with van der Waals surface area (Å²) < 4.78 is 5.22. The Morgan fingerprint density at radius 3 is 2.96 bits per heavy atom. The van der Waals surface area contributed by atoms with Gasteiger partial charge >= 0.3 is 0 Å². The van der Waals surface area contributed by atoms with Crippen LogP contribution in [0.1, 0.15) is 37.7 Å². The number of amides is 1. The van der Waals surface area contributed by atoms with E-state index in [1.165, 1.54) is 32.1 Å². The van der Waals surface area contributed by atoms with Gasteiger partial charge in [0.2, 0.25) is 5.91 Å². The number of fused-ring (bicyclic) bond motifs is 1. The zero-order valence-electron chi connectivity index (χ0n) is 14.7. The van der Waals surface area contributed by atoms with Crippen LogP contribution in [-0.2, 0) is 4.79 Å². The number of ether oxygens (including phenoxy) is 1. The minimum Gasteiger partial charge on any atom is -0.497 e. The molecule has 2 fully saturated rings. The molecular formula is C20H28N2O2. The van der Waals surface area contributed by atoms with E-state index in [-0.39, 0.29) is 12.1 Å². The van der Waals surface area contributed by atoms with E-state index in [0.717, 1.165) is 23.8 Å². The van der Waals surface area contributed by atoms with Gasteiger partial charge in [-0.15, -0.1) is 0 Å². The van der Waals surface area contributed by atoms with Gasteiger partial charge in [0.1, 0.15) is 5.75 Å². The van der Waals surface area contributed by atoms with Crippen molar-refractivity contribution in [1.29, 1.82) is 0 Å². The molecule has 1 saturated carbocycles. The Balaban J connectivity index is 1.63. The maximum Gasteiger partial charge on any atom is 0.245 e. The maximum atomic E-state index is 12.4. The first-order valence-corrected chi connectivity index (χ1v) is 9.00. The van der Waals surface area contributed by atoms with E-state index >= 15 is 0 Å². The fraction of sp³-hybridized carbons (Fsp3) is 0.550. The van der Waals surface area contributed by atoms with E-state index in [2.05, 4.69) is 17.3 Å². The van der Waals surface area contributed by atoms with E-state index in [9.17, 15) is 4.79 Å². The number of methoxy groups -OCH3 is 1. The summed E-state index contributed by atoms with van der Waals surface area (Å²) in [7, 11) is 3.77. The average molecular weight is 328 g/mol. The lowest BCUT2D eigenvalue weighted by atomic mass is 9.73. The average Bonchev–Trinajstić information content (AvgIpc) is 2.62. The van der Waals surface area contributed by atoms with Crippen molar-refractivity contribution >= 4 is 12.0 Å². The lowest BCUT2D eigenvalue weighted by Crippen LogP contribution is -2.56. The van der Waals surface area contributed by atoms with Gasteiger partial charge in [-0.2, -0.15) is 0 Å². The van der Waals surface area contributed by atoms with Gasteiger partial charge in [0.15, 0.2) is 0 Å². The molecule has 2 aliphatic rings. The lowest BCUT2D eigenvalue weighted by Gasteiger charge is -2.46. The molecule has 4 nitrogen and oxygen atoms in total. The summed E-state index contributed by atoms with van der Waals surface area (Å²) in [5.41, 5.74) is 0.969. The van der Waals surface area contributed by atoms with Crippen LogP contribution in [0.2, 0.25) is 0 Å². The number of carbonyl (C=O) groups excluding carboxylic acids is 1. The predicted molar refractivity (Wildman–Crippen MR) is 96.7 cm³/mol.